The Morgan fingerprint density at radius 2 is 1.12 bits per heavy atom. The van der Waals surface area contributed by atoms with Crippen LogP contribution in [-0.2, 0) is 14.3 Å². The zero-order valence-corrected chi connectivity index (χ0v) is 38.4. The van der Waals surface area contributed by atoms with Gasteiger partial charge in [0.15, 0.2) is 11.5 Å². The van der Waals surface area contributed by atoms with Gasteiger partial charge in [-0.15, -0.1) is 0 Å². The van der Waals surface area contributed by atoms with Crippen molar-refractivity contribution in [2.75, 3.05) is 68.2 Å². The summed E-state index contributed by atoms with van der Waals surface area (Å²) in [4.78, 5) is 30.2. The summed E-state index contributed by atoms with van der Waals surface area (Å²) in [5.74, 6) is -0.303. The van der Waals surface area contributed by atoms with E-state index < -0.39 is 11.9 Å². The molecule has 2 unspecified atom stereocenters. The molecule has 1 aromatic carbocycles. The topological polar surface area (TPSA) is 107 Å². The van der Waals surface area contributed by atoms with E-state index in [1.54, 1.807) is 7.11 Å². The second-order valence-corrected chi connectivity index (χ2v) is 16.6. The van der Waals surface area contributed by atoms with Crippen molar-refractivity contribution < 1.29 is 38.4 Å². The fourth-order valence-electron chi connectivity index (χ4n) is 7.44. The lowest BCUT2D eigenvalue weighted by atomic mass is 10.0. The summed E-state index contributed by atoms with van der Waals surface area (Å²) in [6.45, 7) is 7.77. The van der Waals surface area contributed by atoms with Gasteiger partial charge in [0, 0.05) is 33.2 Å². The van der Waals surface area contributed by atoms with E-state index >= 15 is 0 Å². The molecule has 1 rings (SSSR count). The van der Waals surface area contributed by atoms with Gasteiger partial charge in [-0.1, -0.05) is 142 Å². The molecule has 0 saturated carbocycles. The zero-order valence-electron chi connectivity index (χ0n) is 38.4. The van der Waals surface area contributed by atoms with Crippen LogP contribution in [0.4, 0.5) is 0 Å². The van der Waals surface area contributed by atoms with Crippen molar-refractivity contribution in [2.45, 2.75) is 193 Å². The molecule has 1 N–H and O–H groups in total. The molecule has 0 radical (unpaired) electrons. The van der Waals surface area contributed by atoms with Gasteiger partial charge < -0.3 is 33.7 Å². The molecule has 10 nitrogen and oxygen atoms in total. The van der Waals surface area contributed by atoms with E-state index in [2.05, 4.69) is 18.7 Å². The van der Waals surface area contributed by atoms with Gasteiger partial charge in [0.2, 0.25) is 5.75 Å². The van der Waals surface area contributed by atoms with Crippen molar-refractivity contribution in [3.8, 4) is 17.2 Å². The average molecular weight is 821 g/mol. The highest BCUT2D eigenvalue weighted by atomic mass is 16.6. The number of rotatable bonds is 40. The van der Waals surface area contributed by atoms with Crippen LogP contribution in [0.5, 0.6) is 17.2 Å². The van der Waals surface area contributed by atoms with Crippen molar-refractivity contribution in [1.82, 2.24) is 9.80 Å². The Morgan fingerprint density at radius 1 is 0.621 bits per heavy atom. The maximum atomic E-state index is 13.1. The standard InChI is InChI=1S/C48H88N2O8/c1-8-10-12-14-16-18-20-22-24-26-31-42(51)39-50(40-43(54-5)32-27-25-23-21-19-17-15-13-11-9-2)35-29-28-33-46(52)58-47-44(55-6)37-41(38-45(47)56-7)48(53)57-36-30-34-49(3)4/h37-38,42-43,51H,8-36,39-40H2,1-7H3. The van der Waals surface area contributed by atoms with Crippen molar-refractivity contribution in [1.29, 1.82) is 0 Å². The summed E-state index contributed by atoms with van der Waals surface area (Å²) in [6.07, 6.45) is 29.8. The number of carbonyl (C=O) groups excluding carboxylic acids is 2. The summed E-state index contributed by atoms with van der Waals surface area (Å²) in [7, 11) is 8.66. The van der Waals surface area contributed by atoms with Gasteiger partial charge in [-0.2, -0.15) is 0 Å². The predicted molar refractivity (Wildman–Crippen MR) is 239 cm³/mol. The number of hydrogen-bond acceptors (Lipinski definition) is 10. The highest BCUT2D eigenvalue weighted by Crippen LogP contribution is 2.39. The summed E-state index contributed by atoms with van der Waals surface area (Å²) >= 11 is 0. The Bertz CT molecular complexity index is 1120. The predicted octanol–water partition coefficient (Wildman–Crippen LogP) is 11.2. The zero-order chi connectivity index (χ0) is 42.6. The third-order valence-electron chi connectivity index (χ3n) is 11.0. The van der Waals surface area contributed by atoms with Crippen LogP contribution in [0.1, 0.15) is 191 Å². The highest BCUT2D eigenvalue weighted by molar-refractivity contribution is 5.91. The number of esters is 2. The first-order valence-corrected chi connectivity index (χ1v) is 23.4. The molecular formula is C48H88N2O8. The molecule has 0 amide bonds. The molecular weight excluding hydrogens is 733 g/mol. The number of methoxy groups -OCH3 is 3. The molecule has 58 heavy (non-hydrogen) atoms. The van der Waals surface area contributed by atoms with Crippen LogP contribution < -0.4 is 14.2 Å². The molecule has 1 aromatic rings. The Hall–Kier alpha value is -2.40. The normalized spacial score (nSPS) is 12.6. The Balaban J connectivity index is 2.70. The summed E-state index contributed by atoms with van der Waals surface area (Å²) in [5, 5.41) is 11.1. The van der Waals surface area contributed by atoms with Crippen LogP contribution in [0.25, 0.3) is 0 Å². The molecule has 0 aliphatic heterocycles. The van der Waals surface area contributed by atoms with Crippen LogP contribution >= 0.6 is 0 Å². The van der Waals surface area contributed by atoms with Gasteiger partial charge in [0.1, 0.15) is 0 Å². The highest BCUT2D eigenvalue weighted by Gasteiger charge is 2.22. The second kappa shape index (κ2) is 36.5. The third kappa shape index (κ3) is 27.4. The SMILES string of the molecule is CCCCCCCCCCCCC(O)CN(CCCCC(=O)Oc1c(OC)cc(C(=O)OCCCN(C)C)cc1OC)CC(CCCCCCCCCCCC)OC. The van der Waals surface area contributed by atoms with Crippen molar-refractivity contribution in [3.63, 3.8) is 0 Å². The fourth-order valence-corrected chi connectivity index (χ4v) is 7.44. The lowest BCUT2D eigenvalue weighted by Crippen LogP contribution is -2.39. The van der Waals surface area contributed by atoms with Gasteiger partial charge in [-0.05, 0) is 64.9 Å². The second-order valence-electron chi connectivity index (χ2n) is 16.6. The van der Waals surface area contributed by atoms with Gasteiger partial charge in [-0.25, -0.2) is 4.79 Å². The Morgan fingerprint density at radius 3 is 1.60 bits per heavy atom. The number of carbonyl (C=O) groups is 2. The number of unbranched alkanes of at least 4 members (excludes halogenated alkanes) is 19. The van der Waals surface area contributed by atoms with Crippen molar-refractivity contribution in [2.24, 2.45) is 0 Å². The molecule has 0 aromatic heterocycles. The van der Waals surface area contributed by atoms with E-state index in [1.807, 2.05) is 19.0 Å². The summed E-state index contributed by atoms with van der Waals surface area (Å²) in [6, 6.07) is 3.03. The van der Waals surface area contributed by atoms with Crippen molar-refractivity contribution >= 4 is 11.9 Å². The Kier molecular flexibility index (Phi) is 33.7. The van der Waals surface area contributed by atoms with E-state index in [4.69, 9.17) is 23.7 Å². The lowest BCUT2D eigenvalue weighted by Gasteiger charge is -2.29. The molecule has 0 spiro atoms. The smallest absolute Gasteiger partial charge is 0.338 e. The maximum Gasteiger partial charge on any atom is 0.338 e. The molecule has 0 saturated heterocycles. The molecule has 338 valence electrons. The Labute approximate surface area is 355 Å². The average Bonchev–Trinajstić information content (AvgIpc) is 3.21. The van der Waals surface area contributed by atoms with Crippen LogP contribution in [0.3, 0.4) is 0 Å². The van der Waals surface area contributed by atoms with Crippen LogP contribution in [0.2, 0.25) is 0 Å². The number of aliphatic hydroxyl groups is 1. The van der Waals surface area contributed by atoms with E-state index in [-0.39, 0.29) is 41.4 Å². The molecule has 0 bridgehead atoms. The number of aliphatic hydroxyl groups excluding tert-OH is 1. The van der Waals surface area contributed by atoms with Crippen LogP contribution in [-0.4, -0.2) is 107 Å². The van der Waals surface area contributed by atoms with Gasteiger partial charge in [0.25, 0.3) is 0 Å². The number of hydrogen-bond donors (Lipinski definition) is 1. The summed E-state index contributed by atoms with van der Waals surface area (Å²) < 4.78 is 28.2. The van der Waals surface area contributed by atoms with E-state index in [9.17, 15) is 14.7 Å². The summed E-state index contributed by atoms with van der Waals surface area (Å²) in [5.41, 5.74) is 0.260. The maximum absolute atomic E-state index is 13.1. The minimum absolute atomic E-state index is 0.113. The molecule has 0 aliphatic carbocycles. The molecule has 2 atom stereocenters. The first-order valence-electron chi connectivity index (χ1n) is 23.4. The minimum Gasteiger partial charge on any atom is -0.493 e. The van der Waals surface area contributed by atoms with Gasteiger partial charge in [0.05, 0.1) is 38.6 Å². The quantitative estimate of drug-likeness (QED) is 0.0391. The molecule has 0 heterocycles. The number of ether oxygens (including phenoxy) is 5. The molecule has 0 aliphatic rings. The fraction of sp³-hybridized carbons (Fsp3) is 0.833. The monoisotopic (exact) mass is 821 g/mol. The number of benzene rings is 1. The minimum atomic E-state index is -0.495. The van der Waals surface area contributed by atoms with Crippen LogP contribution in [0, 0.1) is 0 Å². The van der Waals surface area contributed by atoms with E-state index in [0.29, 0.717) is 26.0 Å². The van der Waals surface area contributed by atoms with Crippen molar-refractivity contribution in [3.05, 3.63) is 17.7 Å². The molecule has 0 fully saturated rings. The number of nitrogens with zero attached hydrogens (tertiary/aromatic N) is 2. The van der Waals surface area contributed by atoms with Crippen LogP contribution in [0.15, 0.2) is 12.1 Å². The van der Waals surface area contributed by atoms with Gasteiger partial charge in [-0.3, -0.25) is 9.69 Å². The largest absolute Gasteiger partial charge is 0.493 e. The lowest BCUT2D eigenvalue weighted by molar-refractivity contribution is -0.134. The third-order valence-corrected chi connectivity index (χ3v) is 11.0. The van der Waals surface area contributed by atoms with E-state index in [0.717, 1.165) is 51.7 Å². The van der Waals surface area contributed by atoms with E-state index in [1.165, 1.54) is 142 Å². The van der Waals surface area contributed by atoms with Gasteiger partial charge >= 0.3 is 11.9 Å². The molecule has 10 heteroatoms. The first-order chi connectivity index (χ1) is 28.2. The first kappa shape index (κ1) is 53.6.